The van der Waals surface area contributed by atoms with Crippen LogP contribution in [-0.2, 0) is 6.42 Å². The quantitative estimate of drug-likeness (QED) is 0.580. The van der Waals surface area contributed by atoms with Crippen molar-refractivity contribution in [3.05, 3.63) is 27.7 Å². The second-order valence-electron chi connectivity index (χ2n) is 2.59. The minimum absolute atomic E-state index is 0.0917. The fourth-order valence-electron chi connectivity index (χ4n) is 0.958. The summed E-state index contributed by atoms with van der Waals surface area (Å²) < 4.78 is 0. The number of rotatable bonds is 2. The topological polar surface area (TPSA) is 73.3 Å². The van der Waals surface area contributed by atoms with Crippen LogP contribution in [0.25, 0.3) is 0 Å². The predicted octanol–water partition coefficient (Wildman–Crippen LogP) is -0.0763. The molecule has 1 heterocycles. The molecule has 0 radical (unpaired) electrons. The van der Waals surface area contributed by atoms with E-state index in [1.165, 1.54) is 6.20 Å². The van der Waals surface area contributed by atoms with Crippen LogP contribution in [0.2, 0.25) is 0 Å². The van der Waals surface area contributed by atoms with E-state index in [0.29, 0.717) is 11.3 Å². The average molecular weight is 169 g/mol. The van der Waals surface area contributed by atoms with E-state index in [0.717, 1.165) is 0 Å². The van der Waals surface area contributed by atoms with Crippen molar-refractivity contribution < 1.29 is 10.2 Å². The Hall–Kier alpha value is -1.29. The molecular weight excluding hydrogens is 158 g/mol. The Morgan fingerprint density at radius 3 is 2.83 bits per heavy atom. The van der Waals surface area contributed by atoms with Gasteiger partial charge in [0.25, 0.3) is 0 Å². The van der Waals surface area contributed by atoms with E-state index < -0.39 is 5.43 Å². The number of hydrogen-bond donors (Lipinski definition) is 3. The second-order valence-corrected chi connectivity index (χ2v) is 2.59. The first-order chi connectivity index (χ1) is 5.66. The molecule has 0 bridgehead atoms. The van der Waals surface area contributed by atoms with Crippen LogP contribution in [0.4, 0.5) is 0 Å². The van der Waals surface area contributed by atoms with Gasteiger partial charge in [-0.05, 0) is 6.92 Å². The van der Waals surface area contributed by atoms with Crippen LogP contribution in [0.3, 0.4) is 0 Å². The molecule has 4 heteroatoms. The summed E-state index contributed by atoms with van der Waals surface area (Å²) in [7, 11) is 0. The first-order valence-corrected chi connectivity index (χ1v) is 3.67. The summed E-state index contributed by atoms with van der Waals surface area (Å²) in [6.07, 6.45) is 1.77. The van der Waals surface area contributed by atoms with E-state index >= 15 is 0 Å². The SMILES string of the molecule is Cc1[nH]cc(CCO)c(=O)c1O. The van der Waals surface area contributed by atoms with E-state index in [2.05, 4.69) is 4.98 Å². The normalized spacial score (nSPS) is 10.2. The highest BCUT2D eigenvalue weighted by Gasteiger charge is 2.05. The maximum absolute atomic E-state index is 11.2. The zero-order chi connectivity index (χ0) is 9.14. The van der Waals surface area contributed by atoms with Gasteiger partial charge in [0.05, 0.1) is 5.69 Å². The van der Waals surface area contributed by atoms with Gasteiger partial charge in [-0.25, -0.2) is 0 Å². The van der Waals surface area contributed by atoms with Crippen molar-refractivity contribution in [1.82, 2.24) is 4.98 Å². The van der Waals surface area contributed by atoms with E-state index in [-0.39, 0.29) is 18.8 Å². The standard InChI is InChI=1S/C8H11NO3/c1-5-7(11)8(12)6(2-3-10)4-9-5/h4,10-11H,2-3H2,1H3,(H,9,12). The monoisotopic (exact) mass is 169 g/mol. The highest BCUT2D eigenvalue weighted by Crippen LogP contribution is 2.06. The Labute approximate surface area is 69.5 Å². The van der Waals surface area contributed by atoms with Gasteiger partial charge in [-0.1, -0.05) is 0 Å². The van der Waals surface area contributed by atoms with Crippen molar-refractivity contribution in [1.29, 1.82) is 0 Å². The zero-order valence-corrected chi connectivity index (χ0v) is 6.79. The highest BCUT2D eigenvalue weighted by atomic mass is 16.3. The minimum Gasteiger partial charge on any atom is -0.503 e. The average Bonchev–Trinajstić information content (AvgIpc) is 2.07. The van der Waals surface area contributed by atoms with Gasteiger partial charge in [-0.2, -0.15) is 0 Å². The van der Waals surface area contributed by atoms with E-state index in [1.807, 2.05) is 0 Å². The zero-order valence-electron chi connectivity index (χ0n) is 6.79. The Morgan fingerprint density at radius 2 is 2.25 bits per heavy atom. The third-order valence-corrected chi connectivity index (χ3v) is 1.71. The fraction of sp³-hybridized carbons (Fsp3) is 0.375. The largest absolute Gasteiger partial charge is 0.503 e. The molecule has 4 nitrogen and oxygen atoms in total. The summed E-state index contributed by atoms with van der Waals surface area (Å²) in [6, 6.07) is 0. The smallest absolute Gasteiger partial charge is 0.226 e. The summed E-state index contributed by atoms with van der Waals surface area (Å²) in [6.45, 7) is 1.52. The molecule has 66 valence electrons. The molecule has 0 amide bonds. The van der Waals surface area contributed by atoms with Crippen LogP contribution < -0.4 is 5.43 Å². The summed E-state index contributed by atoms with van der Waals surface area (Å²) >= 11 is 0. The van der Waals surface area contributed by atoms with Gasteiger partial charge >= 0.3 is 0 Å². The van der Waals surface area contributed by atoms with Crippen molar-refractivity contribution >= 4 is 0 Å². The molecule has 0 saturated heterocycles. The molecule has 1 aromatic rings. The van der Waals surface area contributed by atoms with Gasteiger partial charge < -0.3 is 15.2 Å². The van der Waals surface area contributed by atoms with Crippen LogP contribution >= 0.6 is 0 Å². The Kier molecular flexibility index (Phi) is 2.50. The number of aromatic nitrogens is 1. The van der Waals surface area contributed by atoms with Gasteiger partial charge in [-0.3, -0.25) is 4.79 Å². The van der Waals surface area contributed by atoms with E-state index in [1.54, 1.807) is 6.92 Å². The fourth-order valence-corrected chi connectivity index (χ4v) is 0.958. The molecule has 0 aliphatic heterocycles. The molecular formula is C8H11NO3. The number of aliphatic hydroxyl groups is 1. The van der Waals surface area contributed by atoms with Crippen LogP contribution in [0, 0.1) is 6.92 Å². The third-order valence-electron chi connectivity index (χ3n) is 1.71. The van der Waals surface area contributed by atoms with E-state index in [4.69, 9.17) is 5.11 Å². The van der Waals surface area contributed by atoms with Gasteiger partial charge in [-0.15, -0.1) is 0 Å². The van der Waals surface area contributed by atoms with Crippen LogP contribution in [0.5, 0.6) is 5.75 Å². The van der Waals surface area contributed by atoms with Gasteiger partial charge in [0.1, 0.15) is 0 Å². The Balaban J connectivity index is 3.18. The molecule has 1 aromatic heterocycles. The molecule has 0 fully saturated rings. The lowest BCUT2D eigenvalue weighted by Crippen LogP contribution is -2.11. The molecule has 0 atom stereocenters. The number of aryl methyl sites for hydroxylation is 1. The lowest BCUT2D eigenvalue weighted by atomic mass is 10.2. The van der Waals surface area contributed by atoms with Crippen LogP contribution in [0.1, 0.15) is 11.3 Å². The number of H-pyrrole nitrogens is 1. The lowest BCUT2D eigenvalue weighted by Gasteiger charge is -2.00. The molecule has 1 rings (SSSR count). The molecule has 0 spiro atoms. The second kappa shape index (κ2) is 3.40. The molecule has 3 N–H and O–H groups in total. The first kappa shape index (κ1) is 8.80. The Bertz CT molecular complexity index is 330. The van der Waals surface area contributed by atoms with Crippen LogP contribution in [-0.4, -0.2) is 21.8 Å². The molecule has 12 heavy (non-hydrogen) atoms. The maximum Gasteiger partial charge on any atom is 0.226 e. The summed E-state index contributed by atoms with van der Waals surface area (Å²) in [4.78, 5) is 13.9. The maximum atomic E-state index is 11.2. The first-order valence-electron chi connectivity index (χ1n) is 3.67. The number of aromatic amines is 1. The number of aromatic hydroxyl groups is 1. The minimum atomic E-state index is -0.402. The molecule has 0 aliphatic carbocycles. The molecule has 0 aromatic carbocycles. The number of aliphatic hydroxyl groups excluding tert-OH is 1. The Morgan fingerprint density at radius 1 is 1.58 bits per heavy atom. The van der Waals surface area contributed by atoms with Gasteiger partial charge in [0.15, 0.2) is 5.75 Å². The van der Waals surface area contributed by atoms with Crippen molar-refractivity contribution in [3.8, 4) is 5.75 Å². The third kappa shape index (κ3) is 1.48. The van der Waals surface area contributed by atoms with Crippen molar-refractivity contribution in [3.63, 3.8) is 0 Å². The summed E-state index contributed by atoms with van der Waals surface area (Å²) in [5.41, 5.74) is 0.447. The number of hydrogen-bond acceptors (Lipinski definition) is 3. The van der Waals surface area contributed by atoms with Crippen molar-refractivity contribution in [2.24, 2.45) is 0 Å². The van der Waals surface area contributed by atoms with Crippen molar-refractivity contribution in [2.75, 3.05) is 6.61 Å². The summed E-state index contributed by atoms with van der Waals surface area (Å²) in [5.74, 6) is -0.263. The summed E-state index contributed by atoms with van der Waals surface area (Å²) in [5, 5.41) is 17.8. The molecule has 0 aliphatic rings. The number of nitrogens with one attached hydrogen (secondary N) is 1. The van der Waals surface area contributed by atoms with Crippen LogP contribution in [0.15, 0.2) is 11.0 Å². The highest BCUT2D eigenvalue weighted by molar-refractivity contribution is 5.29. The van der Waals surface area contributed by atoms with Gasteiger partial charge in [0, 0.05) is 24.8 Å². The van der Waals surface area contributed by atoms with E-state index in [9.17, 15) is 9.90 Å². The number of pyridine rings is 1. The molecule has 0 saturated carbocycles. The van der Waals surface area contributed by atoms with Crippen molar-refractivity contribution in [2.45, 2.75) is 13.3 Å². The predicted molar refractivity (Wildman–Crippen MR) is 44.3 cm³/mol. The van der Waals surface area contributed by atoms with Gasteiger partial charge in [0.2, 0.25) is 5.43 Å². The molecule has 0 unspecified atom stereocenters. The lowest BCUT2D eigenvalue weighted by molar-refractivity contribution is 0.299.